The molecule has 192 valence electrons. The van der Waals surface area contributed by atoms with Crippen LogP contribution in [0.4, 0.5) is 8.78 Å². The van der Waals surface area contributed by atoms with Crippen LogP contribution in [0, 0.1) is 35.5 Å². The van der Waals surface area contributed by atoms with E-state index in [0.717, 1.165) is 42.8 Å². The van der Waals surface area contributed by atoms with Crippen molar-refractivity contribution < 1.29 is 13.5 Å². The molecule has 2 aliphatic carbocycles. The van der Waals surface area contributed by atoms with Crippen LogP contribution in [0.2, 0.25) is 0 Å². The number of hydrogen-bond acceptors (Lipinski definition) is 1. The van der Waals surface area contributed by atoms with Gasteiger partial charge in [-0.25, -0.2) is 0 Å². The lowest BCUT2D eigenvalue weighted by atomic mass is 9.74. The summed E-state index contributed by atoms with van der Waals surface area (Å²) in [5.74, 6) is 5.09. The molecular weight excluding hydrogens is 414 g/mol. The molecule has 0 spiro atoms. The standard InChI is InChI=1S/C30H52F2O/c1-3-7-23(2)27-17-12-24(13-18-27)8-4-5-9-26-16-21-29(33-22-26)28-19-14-25(15-20-28)10-6-11-30(31)32/h11,23-29H,3-10,12-22H2,1-2H3. The zero-order chi connectivity index (χ0) is 23.5. The molecule has 0 aromatic heterocycles. The van der Waals surface area contributed by atoms with E-state index in [2.05, 4.69) is 13.8 Å². The third-order valence-electron chi connectivity index (χ3n) is 9.61. The van der Waals surface area contributed by atoms with Gasteiger partial charge in [0.05, 0.1) is 6.10 Å². The van der Waals surface area contributed by atoms with Crippen molar-refractivity contribution in [1.82, 2.24) is 0 Å². The Kier molecular flexibility index (Phi) is 12.2. The normalized spacial score (nSPS) is 34.1. The Balaban J connectivity index is 1.20. The van der Waals surface area contributed by atoms with Gasteiger partial charge in [-0.15, -0.1) is 0 Å². The molecule has 0 aromatic carbocycles. The highest BCUT2D eigenvalue weighted by Crippen LogP contribution is 2.39. The molecule has 3 heteroatoms. The van der Waals surface area contributed by atoms with E-state index in [1.165, 1.54) is 103 Å². The summed E-state index contributed by atoms with van der Waals surface area (Å²) in [5.41, 5.74) is 0. The molecule has 0 bridgehead atoms. The number of unbranched alkanes of at least 4 members (excludes halogenated alkanes) is 1. The highest BCUT2D eigenvalue weighted by Gasteiger charge is 2.31. The molecule has 3 unspecified atom stereocenters. The number of rotatable bonds is 12. The summed E-state index contributed by atoms with van der Waals surface area (Å²) in [5, 5.41) is 0. The summed E-state index contributed by atoms with van der Waals surface area (Å²) in [6, 6.07) is 0. The van der Waals surface area contributed by atoms with Crippen LogP contribution in [0.15, 0.2) is 12.2 Å². The van der Waals surface area contributed by atoms with Crippen molar-refractivity contribution >= 4 is 0 Å². The topological polar surface area (TPSA) is 9.23 Å². The van der Waals surface area contributed by atoms with Crippen molar-refractivity contribution in [3.8, 4) is 0 Å². The molecule has 1 nitrogen and oxygen atoms in total. The minimum atomic E-state index is -1.52. The molecule has 3 aliphatic rings. The highest BCUT2D eigenvalue weighted by molar-refractivity contribution is 4.85. The van der Waals surface area contributed by atoms with E-state index < -0.39 is 6.08 Å². The van der Waals surface area contributed by atoms with Gasteiger partial charge >= 0.3 is 0 Å². The smallest absolute Gasteiger partial charge is 0.266 e. The zero-order valence-electron chi connectivity index (χ0n) is 21.7. The van der Waals surface area contributed by atoms with Crippen LogP contribution < -0.4 is 0 Å². The van der Waals surface area contributed by atoms with Gasteiger partial charge in [-0.2, -0.15) is 8.78 Å². The molecule has 33 heavy (non-hydrogen) atoms. The third kappa shape index (κ3) is 9.61. The highest BCUT2D eigenvalue weighted by atomic mass is 19.3. The Bertz CT molecular complexity index is 533. The van der Waals surface area contributed by atoms with Crippen LogP contribution in [0.1, 0.15) is 129 Å². The zero-order valence-corrected chi connectivity index (χ0v) is 21.7. The molecule has 3 fully saturated rings. The molecular formula is C30H52F2O. The maximum absolute atomic E-state index is 12.2. The second-order valence-electron chi connectivity index (χ2n) is 12.0. The summed E-state index contributed by atoms with van der Waals surface area (Å²) in [6.07, 6.45) is 23.3. The largest absolute Gasteiger partial charge is 0.378 e. The first-order valence-electron chi connectivity index (χ1n) is 14.7. The van der Waals surface area contributed by atoms with Crippen LogP contribution in [-0.2, 0) is 4.74 Å². The molecule has 0 N–H and O–H groups in total. The summed E-state index contributed by atoms with van der Waals surface area (Å²) in [6.45, 7) is 5.79. The summed E-state index contributed by atoms with van der Waals surface area (Å²) < 4.78 is 30.8. The predicted octanol–water partition coefficient (Wildman–Crippen LogP) is 9.95. The van der Waals surface area contributed by atoms with Crippen LogP contribution in [0.25, 0.3) is 0 Å². The predicted molar refractivity (Wildman–Crippen MR) is 135 cm³/mol. The van der Waals surface area contributed by atoms with Crippen LogP contribution in [0.3, 0.4) is 0 Å². The minimum Gasteiger partial charge on any atom is -0.378 e. The van der Waals surface area contributed by atoms with Crippen molar-refractivity contribution in [3.05, 3.63) is 12.2 Å². The molecule has 3 rings (SSSR count). The monoisotopic (exact) mass is 466 g/mol. The van der Waals surface area contributed by atoms with Crippen molar-refractivity contribution in [3.63, 3.8) is 0 Å². The maximum atomic E-state index is 12.2. The summed E-state index contributed by atoms with van der Waals surface area (Å²) in [4.78, 5) is 0. The van der Waals surface area contributed by atoms with Crippen LogP contribution in [0.5, 0.6) is 0 Å². The first kappa shape index (κ1) is 27.2. The lowest BCUT2D eigenvalue weighted by Gasteiger charge is -2.38. The van der Waals surface area contributed by atoms with E-state index in [0.29, 0.717) is 24.4 Å². The van der Waals surface area contributed by atoms with Crippen molar-refractivity contribution in [2.24, 2.45) is 35.5 Å². The Morgan fingerprint density at radius 3 is 2.03 bits per heavy atom. The van der Waals surface area contributed by atoms with Crippen molar-refractivity contribution in [2.75, 3.05) is 6.61 Å². The Labute approximate surface area is 203 Å². The van der Waals surface area contributed by atoms with Gasteiger partial charge in [0.2, 0.25) is 0 Å². The fourth-order valence-electron chi connectivity index (χ4n) is 7.31. The Hall–Kier alpha value is -0.440. The molecule has 0 aromatic rings. The SMILES string of the molecule is CCCC(C)C1CCC(CCCCC2CCC(C3CCC(CCC=C(F)F)CC3)OC2)CC1. The van der Waals surface area contributed by atoms with Gasteiger partial charge in [0.25, 0.3) is 6.08 Å². The molecule has 1 heterocycles. The van der Waals surface area contributed by atoms with Gasteiger partial charge in [-0.1, -0.05) is 71.6 Å². The first-order chi connectivity index (χ1) is 16.0. The average Bonchev–Trinajstić information content (AvgIpc) is 2.83. The van der Waals surface area contributed by atoms with E-state index >= 15 is 0 Å². The molecule has 1 aliphatic heterocycles. The van der Waals surface area contributed by atoms with Crippen molar-refractivity contribution in [2.45, 2.75) is 136 Å². The third-order valence-corrected chi connectivity index (χ3v) is 9.61. The van der Waals surface area contributed by atoms with Gasteiger partial charge in [0.1, 0.15) is 0 Å². The first-order valence-corrected chi connectivity index (χ1v) is 14.7. The van der Waals surface area contributed by atoms with E-state index in [-0.39, 0.29) is 0 Å². The van der Waals surface area contributed by atoms with Crippen molar-refractivity contribution in [1.29, 1.82) is 0 Å². The molecule has 2 saturated carbocycles. The lowest BCUT2D eigenvalue weighted by Crippen LogP contribution is -2.34. The molecule has 0 amide bonds. The van der Waals surface area contributed by atoms with Gasteiger partial charge < -0.3 is 4.74 Å². The van der Waals surface area contributed by atoms with Gasteiger partial charge in [0, 0.05) is 6.61 Å². The van der Waals surface area contributed by atoms with E-state index in [1.54, 1.807) is 0 Å². The number of ether oxygens (including phenoxy) is 1. The second kappa shape index (κ2) is 14.8. The second-order valence-corrected chi connectivity index (χ2v) is 12.0. The van der Waals surface area contributed by atoms with Gasteiger partial charge in [0.15, 0.2) is 0 Å². The summed E-state index contributed by atoms with van der Waals surface area (Å²) in [7, 11) is 0. The lowest BCUT2D eigenvalue weighted by molar-refractivity contribution is -0.0599. The van der Waals surface area contributed by atoms with E-state index in [9.17, 15) is 8.78 Å². The quantitative estimate of drug-likeness (QED) is 0.260. The van der Waals surface area contributed by atoms with E-state index in [1.807, 2.05) is 0 Å². The average molecular weight is 467 g/mol. The van der Waals surface area contributed by atoms with E-state index in [4.69, 9.17) is 4.74 Å². The van der Waals surface area contributed by atoms with Gasteiger partial charge in [-0.3, -0.25) is 0 Å². The fraction of sp³-hybridized carbons (Fsp3) is 0.933. The Morgan fingerprint density at radius 1 is 0.818 bits per heavy atom. The molecule has 1 saturated heterocycles. The number of allylic oxidation sites excluding steroid dienone is 1. The summed E-state index contributed by atoms with van der Waals surface area (Å²) >= 11 is 0. The van der Waals surface area contributed by atoms with Crippen LogP contribution in [-0.4, -0.2) is 12.7 Å². The minimum absolute atomic E-state index is 0.468. The van der Waals surface area contributed by atoms with Crippen LogP contribution >= 0.6 is 0 Å². The molecule has 0 radical (unpaired) electrons. The fourth-order valence-corrected chi connectivity index (χ4v) is 7.31. The number of halogens is 2. The Morgan fingerprint density at radius 2 is 1.42 bits per heavy atom. The molecule has 3 atom stereocenters. The maximum Gasteiger partial charge on any atom is 0.266 e. The number of hydrogen-bond donors (Lipinski definition) is 0. The van der Waals surface area contributed by atoms with Gasteiger partial charge in [-0.05, 0) is 99.4 Å².